The van der Waals surface area contributed by atoms with Crippen molar-refractivity contribution in [2.45, 2.75) is 6.42 Å². The third-order valence-corrected chi connectivity index (χ3v) is 2.69. The van der Waals surface area contributed by atoms with Gasteiger partial charge in [0.25, 0.3) is 0 Å². The maximum atomic E-state index is 5.66. The standard InChI is InChI=1S/C12H12N6/c13-3-2-9-11(10-8-14-5-6-15-10)17-18-7-1-4-16-12(9)18/h1,4-8H,2-3,13H2. The van der Waals surface area contributed by atoms with E-state index in [9.17, 15) is 0 Å². The Morgan fingerprint density at radius 3 is 2.89 bits per heavy atom. The predicted octanol–water partition coefficient (Wildman–Crippen LogP) is 0.687. The molecule has 3 heterocycles. The molecule has 0 aliphatic rings. The van der Waals surface area contributed by atoms with Gasteiger partial charge in [-0.3, -0.25) is 9.97 Å². The summed E-state index contributed by atoms with van der Waals surface area (Å²) in [5.74, 6) is 0. The topological polar surface area (TPSA) is 82.0 Å². The van der Waals surface area contributed by atoms with Gasteiger partial charge in [0, 0.05) is 30.4 Å². The van der Waals surface area contributed by atoms with Crippen molar-refractivity contribution < 1.29 is 0 Å². The minimum absolute atomic E-state index is 0.547. The van der Waals surface area contributed by atoms with Gasteiger partial charge in [-0.15, -0.1) is 0 Å². The van der Waals surface area contributed by atoms with E-state index in [1.54, 1.807) is 29.3 Å². The van der Waals surface area contributed by atoms with Crippen LogP contribution >= 0.6 is 0 Å². The molecule has 0 bridgehead atoms. The molecule has 0 saturated heterocycles. The molecule has 0 fully saturated rings. The van der Waals surface area contributed by atoms with Crippen molar-refractivity contribution >= 4 is 5.65 Å². The van der Waals surface area contributed by atoms with Crippen LogP contribution in [0.3, 0.4) is 0 Å². The van der Waals surface area contributed by atoms with E-state index < -0.39 is 0 Å². The molecule has 0 aromatic carbocycles. The molecule has 0 spiro atoms. The van der Waals surface area contributed by atoms with E-state index in [0.717, 1.165) is 22.6 Å². The van der Waals surface area contributed by atoms with Gasteiger partial charge in [0.15, 0.2) is 5.65 Å². The maximum Gasteiger partial charge on any atom is 0.158 e. The SMILES string of the molecule is NCCc1c(-c2cnccn2)nn2cccnc12. The Bertz CT molecular complexity index is 661. The lowest BCUT2D eigenvalue weighted by Gasteiger charge is -1.99. The predicted molar refractivity (Wildman–Crippen MR) is 66.8 cm³/mol. The number of fused-ring (bicyclic) bond motifs is 1. The quantitative estimate of drug-likeness (QED) is 0.728. The van der Waals surface area contributed by atoms with Crippen LogP contribution in [0, 0.1) is 0 Å². The maximum absolute atomic E-state index is 5.66. The number of rotatable bonds is 3. The van der Waals surface area contributed by atoms with Crippen LogP contribution in [-0.2, 0) is 6.42 Å². The molecular formula is C12H12N6. The Kier molecular flexibility index (Phi) is 2.70. The molecule has 0 atom stereocenters. The summed E-state index contributed by atoms with van der Waals surface area (Å²) in [7, 11) is 0. The van der Waals surface area contributed by atoms with Crippen LogP contribution in [-0.4, -0.2) is 31.1 Å². The number of hydrogen-bond acceptors (Lipinski definition) is 5. The number of nitrogens with zero attached hydrogens (tertiary/aromatic N) is 5. The van der Waals surface area contributed by atoms with Crippen LogP contribution in [0.5, 0.6) is 0 Å². The van der Waals surface area contributed by atoms with Crippen molar-refractivity contribution in [1.82, 2.24) is 24.6 Å². The number of nitrogens with two attached hydrogens (primary N) is 1. The first kappa shape index (κ1) is 10.8. The summed E-state index contributed by atoms with van der Waals surface area (Å²) < 4.78 is 1.75. The minimum Gasteiger partial charge on any atom is -0.330 e. The Balaban J connectivity index is 2.25. The fraction of sp³-hybridized carbons (Fsp3) is 0.167. The second kappa shape index (κ2) is 4.50. The largest absolute Gasteiger partial charge is 0.330 e. The first-order valence-corrected chi connectivity index (χ1v) is 5.69. The smallest absolute Gasteiger partial charge is 0.158 e. The van der Waals surface area contributed by atoms with Crippen LogP contribution < -0.4 is 5.73 Å². The highest BCUT2D eigenvalue weighted by Crippen LogP contribution is 2.22. The van der Waals surface area contributed by atoms with Crippen LogP contribution in [0.4, 0.5) is 0 Å². The molecule has 6 heteroatoms. The van der Waals surface area contributed by atoms with E-state index >= 15 is 0 Å². The molecule has 0 radical (unpaired) electrons. The second-order valence-electron chi connectivity index (χ2n) is 3.84. The highest BCUT2D eigenvalue weighted by Gasteiger charge is 2.15. The van der Waals surface area contributed by atoms with Gasteiger partial charge in [-0.1, -0.05) is 0 Å². The lowest BCUT2D eigenvalue weighted by atomic mass is 10.1. The van der Waals surface area contributed by atoms with Crippen molar-refractivity contribution in [3.8, 4) is 11.4 Å². The molecule has 6 nitrogen and oxygen atoms in total. The normalized spacial score (nSPS) is 10.9. The summed E-state index contributed by atoms with van der Waals surface area (Å²) in [5.41, 5.74) is 9.03. The summed E-state index contributed by atoms with van der Waals surface area (Å²) in [6.45, 7) is 0.547. The van der Waals surface area contributed by atoms with E-state index in [-0.39, 0.29) is 0 Å². The summed E-state index contributed by atoms with van der Waals surface area (Å²) in [4.78, 5) is 12.7. The van der Waals surface area contributed by atoms with Crippen LogP contribution in [0.2, 0.25) is 0 Å². The first-order chi connectivity index (χ1) is 8.90. The third kappa shape index (κ3) is 1.72. The van der Waals surface area contributed by atoms with E-state index in [1.165, 1.54) is 0 Å². The summed E-state index contributed by atoms with van der Waals surface area (Å²) in [5, 5.41) is 4.50. The van der Waals surface area contributed by atoms with E-state index in [0.29, 0.717) is 13.0 Å². The Morgan fingerprint density at radius 2 is 2.11 bits per heavy atom. The molecule has 18 heavy (non-hydrogen) atoms. The van der Waals surface area contributed by atoms with E-state index in [4.69, 9.17) is 5.73 Å². The van der Waals surface area contributed by atoms with Gasteiger partial charge in [-0.2, -0.15) is 5.10 Å². The van der Waals surface area contributed by atoms with Gasteiger partial charge in [0.05, 0.1) is 6.20 Å². The first-order valence-electron chi connectivity index (χ1n) is 5.69. The molecule has 0 aliphatic heterocycles. The molecule has 2 N–H and O–H groups in total. The van der Waals surface area contributed by atoms with Gasteiger partial charge >= 0.3 is 0 Å². The lowest BCUT2D eigenvalue weighted by Crippen LogP contribution is -2.04. The van der Waals surface area contributed by atoms with Crippen LogP contribution in [0.1, 0.15) is 5.56 Å². The summed E-state index contributed by atoms with van der Waals surface area (Å²) in [6, 6.07) is 1.84. The zero-order valence-corrected chi connectivity index (χ0v) is 9.69. The van der Waals surface area contributed by atoms with E-state index in [1.807, 2.05) is 12.3 Å². The van der Waals surface area contributed by atoms with Gasteiger partial charge < -0.3 is 5.73 Å². The Morgan fingerprint density at radius 1 is 1.17 bits per heavy atom. The number of hydrogen-bond donors (Lipinski definition) is 1. The molecule has 3 aromatic heterocycles. The van der Waals surface area contributed by atoms with Crippen molar-refractivity contribution in [2.24, 2.45) is 5.73 Å². The van der Waals surface area contributed by atoms with Gasteiger partial charge in [0.1, 0.15) is 11.4 Å². The fourth-order valence-electron chi connectivity index (χ4n) is 1.94. The van der Waals surface area contributed by atoms with E-state index in [2.05, 4.69) is 20.1 Å². The van der Waals surface area contributed by atoms with Crippen molar-refractivity contribution in [1.29, 1.82) is 0 Å². The molecular weight excluding hydrogens is 228 g/mol. The second-order valence-corrected chi connectivity index (χ2v) is 3.84. The number of aromatic nitrogens is 5. The highest BCUT2D eigenvalue weighted by atomic mass is 15.3. The molecule has 0 amide bonds. The van der Waals surface area contributed by atoms with Gasteiger partial charge in [-0.05, 0) is 19.0 Å². The molecule has 3 rings (SSSR count). The van der Waals surface area contributed by atoms with Gasteiger partial charge in [-0.25, -0.2) is 9.50 Å². The Labute approximate surface area is 104 Å². The van der Waals surface area contributed by atoms with Crippen molar-refractivity contribution in [2.75, 3.05) is 6.54 Å². The molecule has 0 unspecified atom stereocenters. The Hall–Kier alpha value is -2.34. The van der Waals surface area contributed by atoms with Crippen LogP contribution in [0.25, 0.3) is 17.0 Å². The average Bonchev–Trinajstić information content (AvgIpc) is 2.80. The fourth-order valence-corrected chi connectivity index (χ4v) is 1.94. The molecule has 90 valence electrons. The summed E-state index contributed by atoms with van der Waals surface area (Å²) in [6.07, 6.45) is 9.31. The van der Waals surface area contributed by atoms with Gasteiger partial charge in [0.2, 0.25) is 0 Å². The average molecular weight is 240 g/mol. The van der Waals surface area contributed by atoms with Crippen molar-refractivity contribution in [3.05, 3.63) is 42.6 Å². The monoisotopic (exact) mass is 240 g/mol. The third-order valence-electron chi connectivity index (χ3n) is 2.69. The zero-order chi connectivity index (χ0) is 12.4. The lowest BCUT2D eigenvalue weighted by molar-refractivity contribution is 0.938. The minimum atomic E-state index is 0.547. The molecule has 3 aromatic rings. The molecule has 0 saturated carbocycles. The highest BCUT2D eigenvalue weighted by molar-refractivity contribution is 5.67. The zero-order valence-electron chi connectivity index (χ0n) is 9.69. The summed E-state index contributed by atoms with van der Waals surface area (Å²) >= 11 is 0. The molecule has 0 aliphatic carbocycles. The van der Waals surface area contributed by atoms with Crippen LogP contribution in [0.15, 0.2) is 37.1 Å². The van der Waals surface area contributed by atoms with Crippen molar-refractivity contribution in [3.63, 3.8) is 0 Å².